The Balaban J connectivity index is 2.50. The smallest absolute Gasteiger partial charge is 0.172 e. The van der Waals surface area contributed by atoms with Gasteiger partial charge in [0.25, 0.3) is 0 Å². The molecule has 0 unspecified atom stereocenters. The topological polar surface area (TPSA) is 70.8 Å². The van der Waals surface area contributed by atoms with Crippen LogP contribution in [0.15, 0.2) is 18.2 Å². The van der Waals surface area contributed by atoms with Crippen LogP contribution < -0.4 is 10.1 Å². The number of rotatable bonds is 3. The average Bonchev–Trinajstić information content (AvgIpc) is 2.44. The van der Waals surface area contributed by atoms with Crippen LogP contribution in [0.4, 0.5) is 11.5 Å². The predicted molar refractivity (Wildman–Crippen MR) is 77.5 cm³/mol. The molecule has 0 fully saturated rings. The second-order valence-corrected chi connectivity index (χ2v) is 4.51. The van der Waals surface area contributed by atoms with E-state index in [1.54, 1.807) is 18.2 Å². The van der Waals surface area contributed by atoms with Crippen molar-refractivity contribution in [3.05, 3.63) is 40.3 Å². The van der Waals surface area contributed by atoms with E-state index >= 15 is 0 Å². The van der Waals surface area contributed by atoms with Crippen LogP contribution in [0.5, 0.6) is 5.75 Å². The lowest BCUT2D eigenvalue weighted by Crippen LogP contribution is -2.03. The van der Waals surface area contributed by atoms with Crippen molar-refractivity contribution < 1.29 is 4.74 Å². The zero-order valence-corrected chi connectivity index (χ0v) is 12.1. The highest BCUT2D eigenvalue weighted by Gasteiger charge is 2.13. The fourth-order valence-corrected chi connectivity index (χ4v) is 1.91. The lowest BCUT2D eigenvalue weighted by atomic mass is 10.2. The van der Waals surface area contributed by atoms with E-state index in [1.807, 2.05) is 13.8 Å². The van der Waals surface area contributed by atoms with E-state index in [0.717, 1.165) is 11.4 Å². The second-order valence-electron chi connectivity index (χ2n) is 4.15. The molecule has 0 saturated carbocycles. The van der Waals surface area contributed by atoms with E-state index in [4.69, 9.17) is 21.6 Å². The minimum atomic E-state index is 0.253. The Morgan fingerprint density at radius 1 is 1.25 bits per heavy atom. The van der Waals surface area contributed by atoms with Crippen LogP contribution in [0, 0.1) is 25.2 Å². The van der Waals surface area contributed by atoms with Gasteiger partial charge in [-0.25, -0.2) is 9.97 Å². The lowest BCUT2D eigenvalue weighted by molar-refractivity contribution is 0.416. The number of nitriles is 1. The molecule has 0 radical (unpaired) electrons. The highest BCUT2D eigenvalue weighted by atomic mass is 35.5. The standard InChI is InChI=1S/C14H13ClN4O/c1-8-9(2)18-14(13(15)17-8)19-12-10(7-16)5-4-6-11(12)20-3/h4-6H,1-3H3,(H,18,19). The normalized spacial score (nSPS) is 9.95. The minimum Gasteiger partial charge on any atom is -0.495 e. The molecule has 0 aliphatic heterocycles. The summed E-state index contributed by atoms with van der Waals surface area (Å²) in [5.41, 5.74) is 2.50. The summed E-state index contributed by atoms with van der Waals surface area (Å²) in [5, 5.41) is 12.4. The third-order valence-corrected chi connectivity index (χ3v) is 3.14. The summed E-state index contributed by atoms with van der Waals surface area (Å²) in [6.07, 6.45) is 0. The molecule has 1 aromatic heterocycles. The van der Waals surface area contributed by atoms with Crippen molar-refractivity contribution in [1.82, 2.24) is 9.97 Å². The molecule has 1 heterocycles. The van der Waals surface area contributed by atoms with Crippen LogP contribution >= 0.6 is 11.6 Å². The molecule has 20 heavy (non-hydrogen) atoms. The van der Waals surface area contributed by atoms with Crippen molar-refractivity contribution >= 4 is 23.1 Å². The van der Waals surface area contributed by atoms with E-state index in [0.29, 0.717) is 22.8 Å². The molecule has 6 heteroatoms. The van der Waals surface area contributed by atoms with Gasteiger partial charge in [0, 0.05) is 0 Å². The molecular formula is C14H13ClN4O. The Labute approximate surface area is 122 Å². The first kappa shape index (κ1) is 14.1. The van der Waals surface area contributed by atoms with Crippen LogP contribution in [0.3, 0.4) is 0 Å². The number of ether oxygens (including phenoxy) is 1. The molecule has 0 saturated heterocycles. The van der Waals surface area contributed by atoms with Gasteiger partial charge in [0.15, 0.2) is 11.0 Å². The molecule has 0 amide bonds. The highest BCUT2D eigenvalue weighted by Crippen LogP contribution is 2.32. The Kier molecular flexibility index (Phi) is 4.06. The summed E-state index contributed by atoms with van der Waals surface area (Å²) >= 11 is 6.08. The minimum absolute atomic E-state index is 0.253. The maximum Gasteiger partial charge on any atom is 0.172 e. The summed E-state index contributed by atoms with van der Waals surface area (Å²) in [6.45, 7) is 3.68. The fraction of sp³-hybridized carbons (Fsp3) is 0.214. The maximum atomic E-state index is 9.17. The van der Waals surface area contributed by atoms with Crippen LogP contribution in [-0.4, -0.2) is 17.1 Å². The van der Waals surface area contributed by atoms with Gasteiger partial charge in [-0.15, -0.1) is 0 Å². The first-order valence-electron chi connectivity index (χ1n) is 5.91. The average molecular weight is 289 g/mol. The van der Waals surface area contributed by atoms with Crippen molar-refractivity contribution in [2.45, 2.75) is 13.8 Å². The van der Waals surface area contributed by atoms with E-state index in [2.05, 4.69) is 21.4 Å². The number of aryl methyl sites for hydroxylation is 2. The Hall–Kier alpha value is -2.32. The SMILES string of the molecule is COc1cccc(C#N)c1Nc1nc(C)c(C)nc1Cl. The van der Waals surface area contributed by atoms with Gasteiger partial charge in [-0.05, 0) is 26.0 Å². The Bertz CT molecular complexity index is 694. The number of nitrogens with zero attached hydrogens (tertiary/aromatic N) is 3. The Morgan fingerprint density at radius 2 is 1.95 bits per heavy atom. The molecule has 0 aliphatic rings. The lowest BCUT2D eigenvalue weighted by Gasteiger charge is -2.13. The molecule has 1 N–H and O–H groups in total. The quantitative estimate of drug-likeness (QED) is 0.937. The van der Waals surface area contributed by atoms with Gasteiger partial charge in [-0.3, -0.25) is 0 Å². The highest BCUT2D eigenvalue weighted by molar-refractivity contribution is 6.31. The van der Waals surface area contributed by atoms with Gasteiger partial charge in [0.2, 0.25) is 0 Å². The van der Waals surface area contributed by atoms with Gasteiger partial charge in [-0.2, -0.15) is 5.26 Å². The van der Waals surface area contributed by atoms with Crippen molar-refractivity contribution in [3.8, 4) is 11.8 Å². The van der Waals surface area contributed by atoms with Crippen LogP contribution in [0.1, 0.15) is 17.0 Å². The van der Waals surface area contributed by atoms with Crippen molar-refractivity contribution in [2.24, 2.45) is 0 Å². The number of nitrogens with one attached hydrogen (secondary N) is 1. The first-order chi connectivity index (χ1) is 9.56. The second kappa shape index (κ2) is 5.76. The van der Waals surface area contributed by atoms with E-state index < -0.39 is 0 Å². The molecule has 2 rings (SSSR count). The maximum absolute atomic E-state index is 9.17. The summed E-state index contributed by atoms with van der Waals surface area (Å²) in [6, 6.07) is 7.29. The summed E-state index contributed by atoms with van der Waals surface area (Å²) in [5.74, 6) is 0.941. The molecule has 0 bridgehead atoms. The molecule has 0 atom stereocenters. The molecule has 5 nitrogen and oxygen atoms in total. The van der Waals surface area contributed by atoms with Gasteiger partial charge >= 0.3 is 0 Å². The predicted octanol–water partition coefficient (Wildman–Crippen LogP) is 3.37. The summed E-state index contributed by atoms with van der Waals surface area (Å²) < 4.78 is 5.25. The molecule has 2 aromatic rings. The zero-order valence-electron chi connectivity index (χ0n) is 11.4. The van der Waals surface area contributed by atoms with Gasteiger partial charge in [-0.1, -0.05) is 17.7 Å². The van der Waals surface area contributed by atoms with Gasteiger partial charge in [0.05, 0.1) is 24.1 Å². The monoisotopic (exact) mass is 288 g/mol. The molecular weight excluding hydrogens is 276 g/mol. The number of anilines is 2. The molecule has 102 valence electrons. The molecule has 0 spiro atoms. The van der Waals surface area contributed by atoms with Crippen molar-refractivity contribution in [2.75, 3.05) is 12.4 Å². The molecule has 0 aliphatic carbocycles. The zero-order chi connectivity index (χ0) is 14.7. The van der Waals surface area contributed by atoms with Crippen LogP contribution in [0.25, 0.3) is 0 Å². The summed E-state index contributed by atoms with van der Waals surface area (Å²) in [4.78, 5) is 8.54. The Morgan fingerprint density at radius 3 is 2.60 bits per heavy atom. The van der Waals surface area contributed by atoms with Crippen LogP contribution in [0.2, 0.25) is 5.15 Å². The van der Waals surface area contributed by atoms with Gasteiger partial charge < -0.3 is 10.1 Å². The number of methoxy groups -OCH3 is 1. The molecule has 1 aromatic carbocycles. The third-order valence-electron chi connectivity index (χ3n) is 2.87. The van der Waals surface area contributed by atoms with Crippen LogP contribution in [-0.2, 0) is 0 Å². The third kappa shape index (κ3) is 2.65. The number of halogens is 1. The van der Waals surface area contributed by atoms with E-state index in [-0.39, 0.29) is 5.15 Å². The van der Waals surface area contributed by atoms with E-state index in [9.17, 15) is 0 Å². The van der Waals surface area contributed by atoms with Crippen molar-refractivity contribution in [3.63, 3.8) is 0 Å². The number of benzene rings is 1. The fourth-order valence-electron chi connectivity index (χ4n) is 1.70. The number of aromatic nitrogens is 2. The first-order valence-corrected chi connectivity index (χ1v) is 6.29. The van der Waals surface area contributed by atoms with Gasteiger partial charge in [0.1, 0.15) is 17.5 Å². The number of para-hydroxylation sites is 1. The van der Waals surface area contributed by atoms with Crippen molar-refractivity contribution in [1.29, 1.82) is 5.26 Å². The van der Waals surface area contributed by atoms with E-state index in [1.165, 1.54) is 7.11 Å². The number of hydrogen-bond acceptors (Lipinski definition) is 5. The largest absolute Gasteiger partial charge is 0.495 e. The number of hydrogen-bond donors (Lipinski definition) is 1. The summed E-state index contributed by atoms with van der Waals surface area (Å²) in [7, 11) is 1.54.